The Morgan fingerprint density at radius 2 is 1.21 bits per heavy atom. The summed E-state index contributed by atoms with van der Waals surface area (Å²) < 4.78 is 1.53. The molecule has 63 heavy (non-hydrogen) atoms. The molecule has 0 radical (unpaired) electrons. The fourth-order valence-corrected chi connectivity index (χ4v) is 13.8. The summed E-state index contributed by atoms with van der Waals surface area (Å²) in [6, 6.07) is 31.5. The molecule has 10 rings (SSSR count). The lowest BCUT2D eigenvalue weighted by atomic mass is 9.35. The molecule has 3 heterocycles. The van der Waals surface area contributed by atoms with Gasteiger partial charge in [-0.25, -0.2) is 0 Å². The van der Waals surface area contributed by atoms with Crippen LogP contribution in [-0.4, -0.2) is 6.71 Å². The van der Waals surface area contributed by atoms with Crippen molar-refractivity contribution in [3.63, 3.8) is 0 Å². The molecule has 4 aromatic carbocycles. The molecule has 0 spiro atoms. The van der Waals surface area contributed by atoms with Crippen molar-refractivity contribution in [2.24, 2.45) is 5.41 Å². The monoisotopic (exact) mass is 851 g/mol. The van der Waals surface area contributed by atoms with E-state index in [4.69, 9.17) is 0 Å². The van der Waals surface area contributed by atoms with E-state index in [1.54, 1.807) is 16.0 Å². The highest BCUT2D eigenvalue weighted by Crippen LogP contribution is 2.57. The molecule has 3 aliphatic carbocycles. The van der Waals surface area contributed by atoms with Gasteiger partial charge in [-0.1, -0.05) is 157 Å². The van der Waals surface area contributed by atoms with Gasteiger partial charge in [-0.2, -0.15) is 11.3 Å². The van der Waals surface area contributed by atoms with E-state index in [0.717, 1.165) is 6.42 Å². The maximum atomic E-state index is 2.77. The standard InChI is InChI=1S/C59H71BN2S/c1-36-31-47-50-48(32-36)62(45-26-23-39(55(5,6)7)33-41(45)37-19-17-16-18-20-37)46-35-43-42(56(8,9)27-28-57(43,10)11)34-44(46)60(50)53-51(49-52(63-53)59(14,15)30-29-58(49,12)13)61(47)40-24-21-38(22-25-40)54(2,3)4/h16-26,31-32,34-35,41H,27-30,33H2,1-15H3. The molecule has 0 fully saturated rings. The summed E-state index contributed by atoms with van der Waals surface area (Å²) in [5.41, 5.74) is 21.8. The fourth-order valence-electron chi connectivity index (χ4n) is 12.1. The molecule has 0 amide bonds. The predicted octanol–water partition coefficient (Wildman–Crippen LogP) is 14.8. The maximum Gasteiger partial charge on any atom is 0.264 e. The van der Waals surface area contributed by atoms with Crippen LogP contribution in [0.5, 0.6) is 0 Å². The van der Waals surface area contributed by atoms with E-state index in [0.29, 0.717) is 0 Å². The Bertz CT molecular complexity index is 2740. The van der Waals surface area contributed by atoms with Crippen LogP contribution in [0.1, 0.15) is 173 Å². The quantitative estimate of drug-likeness (QED) is 0.164. The average molecular weight is 851 g/mol. The highest BCUT2D eigenvalue weighted by Gasteiger charge is 2.52. The van der Waals surface area contributed by atoms with Gasteiger partial charge in [-0.05, 0) is 152 Å². The summed E-state index contributed by atoms with van der Waals surface area (Å²) in [5.74, 6) is 0.210. The molecule has 4 heteroatoms. The molecular formula is C59H71BN2S. The lowest BCUT2D eigenvalue weighted by Gasteiger charge is -2.49. The average Bonchev–Trinajstić information content (AvgIpc) is 3.63. The van der Waals surface area contributed by atoms with Crippen molar-refractivity contribution in [3.05, 3.63) is 141 Å². The highest BCUT2D eigenvalue weighted by atomic mass is 32.1. The van der Waals surface area contributed by atoms with Crippen LogP contribution >= 0.6 is 11.3 Å². The highest BCUT2D eigenvalue weighted by molar-refractivity contribution is 7.29. The van der Waals surface area contributed by atoms with Gasteiger partial charge in [0.1, 0.15) is 0 Å². The molecule has 0 bridgehead atoms. The van der Waals surface area contributed by atoms with Gasteiger partial charge >= 0.3 is 0 Å². The molecule has 1 atom stereocenters. The molecule has 2 aliphatic heterocycles. The van der Waals surface area contributed by atoms with Crippen molar-refractivity contribution in [2.75, 3.05) is 9.80 Å². The Balaban J connectivity index is 1.34. The van der Waals surface area contributed by atoms with E-state index in [9.17, 15) is 0 Å². The zero-order valence-electron chi connectivity index (χ0n) is 41.2. The third-order valence-corrected chi connectivity index (χ3v) is 17.9. The van der Waals surface area contributed by atoms with Gasteiger partial charge in [0.05, 0.1) is 5.69 Å². The second-order valence-corrected chi connectivity index (χ2v) is 25.9. The van der Waals surface area contributed by atoms with Crippen molar-refractivity contribution in [2.45, 2.75) is 169 Å². The first-order valence-corrected chi connectivity index (χ1v) is 24.9. The number of rotatable bonds is 3. The number of aryl methyl sites for hydroxylation is 1. The zero-order valence-corrected chi connectivity index (χ0v) is 42.0. The summed E-state index contributed by atoms with van der Waals surface area (Å²) in [5, 5.41) is 0. The summed E-state index contributed by atoms with van der Waals surface area (Å²) in [6.07, 6.45) is 10.8. The molecule has 5 aliphatic rings. The van der Waals surface area contributed by atoms with E-state index in [-0.39, 0.29) is 45.1 Å². The van der Waals surface area contributed by atoms with Gasteiger partial charge in [0, 0.05) is 44.0 Å². The van der Waals surface area contributed by atoms with E-state index >= 15 is 0 Å². The van der Waals surface area contributed by atoms with Crippen LogP contribution in [0.15, 0.2) is 102 Å². The predicted molar refractivity (Wildman–Crippen MR) is 276 cm³/mol. The Morgan fingerprint density at radius 1 is 0.619 bits per heavy atom. The molecule has 0 saturated heterocycles. The van der Waals surface area contributed by atoms with E-state index in [1.807, 2.05) is 0 Å². The molecule has 1 aromatic heterocycles. The summed E-state index contributed by atoms with van der Waals surface area (Å²) >= 11 is 2.15. The largest absolute Gasteiger partial charge is 0.315 e. The molecule has 0 saturated carbocycles. The van der Waals surface area contributed by atoms with Gasteiger partial charge in [0.25, 0.3) is 6.71 Å². The molecule has 326 valence electrons. The first-order valence-electron chi connectivity index (χ1n) is 24.1. The number of anilines is 5. The van der Waals surface area contributed by atoms with Crippen LogP contribution in [0, 0.1) is 12.3 Å². The third-order valence-electron chi connectivity index (χ3n) is 16.3. The minimum atomic E-state index is 0.0427. The van der Waals surface area contributed by atoms with E-state index in [2.05, 4.69) is 216 Å². The Hall–Kier alpha value is -4.28. The molecule has 1 unspecified atom stereocenters. The lowest BCUT2D eigenvalue weighted by Crippen LogP contribution is -2.61. The second kappa shape index (κ2) is 13.9. The summed E-state index contributed by atoms with van der Waals surface area (Å²) in [7, 11) is 0. The van der Waals surface area contributed by atoms with Crippen molar-refractivity contribution in [1.29, 1.82) is 0 Å². The Morgan fingerprint density at radius 3 is 1.83 bits per heavy atom. The number of thiophene rings is 1. The molecule has 2 nitrogen and oxygen atoms in total. The smallest absolute Gasteiger partial charge is 0.264 e. The minimum Gasteiger partial charge on any atom is -0.315 e. The summed E-state index contributed by atoms with van der Waals surface area (Å²) in [4.78, 5) is 7.10. The van der Waals surface area contributed by atoms with Gasteiger partial charge in [0.15, 0.2) is 0 Å². The molecule has 0 N–H and O–H groups in total. The second-order valence-electron chi connectivity index (χ2n) is 24.8. The molecular weight excluding hydrogens is 780 g/mol. The van der Waals surface area contributed by atoms with Crippen LogP contribution in [0.2, 0.25) is 0 Å². The van der Waals surface area contributed by atoms with Crippen molar-refractivity contribution in [1.82, 2.24) is 0 Å². The minimum absolute atomic E-state index is 0.0427. The maximum absolute atomic E-state index is 2.77. The van der Waals surface area contributed by atoms with Crippen LogP contribution in [0.25, 0.3) is 0 Å². The Labute approximate surface area is 385 Å². The van der Waals surface area contributed by atoms with Crippen molar-refractivity contribution in [3.8, 4) is 0 Å². The number of fused-ring (bicyclic) bond motifs is 7. The van der Waals surface area contributed by atoms with E-state index < -0.39 is 0 Å². The fraction of sp³-hybridized carbons (Fsp3) is 0.458. The van der Waals surface area contributed by atoms with E-state index in [1.165, 1.54) is 103 Å². The first kappa shape index (κ1) is 42.7. The van der Waals surface area contributed by atoms with Crippen LogP contribution in [0.4, 0.5) is 28.4 Å². The van der Waals surface area contributed by atoms with Gasteiger partial charge in [0.2, 0.25) is 0 Å². The molecule has 5 aromatic rings. The number of allylic oxidation sites excluding steroid dienone is 4. The normalized spacial score (nSPS) is 21.4. The van der Waals surface area contributed by atoms with Gasteiger partial charge < -0.3 is 9.80 Å². The SMILES string of the molecule is Cc1cc2c3c(c1)N(c1ccc(C(C)(C)C)cc1)c1c(sc4c1C(C)(C)CCC4(C)C)B3c1cc3c(cc1N2C1=CC=C(C(C)(C)C)CC1c1ccccc1)C(C)(C)CCC3(C)C. The lowest BCUT2D eigenvalue weighted by molar-refractivity contribution is 0.332. The van der Waals surface area contributed by atoms with Crippen molar-refractivity contribution >= 4 is 62.2 Å². The van der Waals surface area contributed by atoms with Crippen LogP contribution in [-0.2, 0) is 27.1 Å². The topological polar surface area (TPSA) is 6.48 Å². The number of hydrogen-bond acceptors (Lipinski definition) is 3. The number of hydrogen-bond donors (Lipinski definition) is 0. The summed E-state index contributed by atoms with van der Waals surface area (Å²) in [6.45, 7) is 36.7. The van der Waals surface area contributed by atoms with Crippen LogP contribution in [0.3, 0.4) is 0 Å². The van der Waals surface area contributed by atoms with Gasteiger partial charge in [-0.3, -0.25) is 0 Å². The van der Waals surface area contributed by atoms with Crippen LogP contribution < -0.4 is 25.5 Å². The first-order chi connectivity index (χ1) is 29.4. The Kier molecular flexibility index (Phi) is 9.39. The van der Waals surface area contributed by atoms with Crippen molar-refractivity contribution < 1.29 is 0 Å². The number of nitrogens with zero attached hydrogens (tertiary/aromatic N) is 2. The number of benzene rings is 4. The third kappa shape index (κ3) is 6.61. The zero-order chi connectivity index (χ0) is 45.0. The van der Waals surface area contributed by atoms with Gasteiger partial charge in [-0.15, -0.1) is 0 Å².